The quantitative estimate of drug-likeness (QED) is 0.173. The van der Waals surface area contributed by atoms with Crippen LogP contribution in [-0.4, -0.2) is 69.9 Å². The van der Waals surface area contributed by atoms with Crippen LogP contribution in [0.4, 0.5) is 23.4 Å². The highest BCUT2D eigenvalue weighted by atomic mass is 19.4. The summed E-state index contributed by atoms with van der Waals surface area (Å²) in [6.07, 6.45) is -1.93. The number of benzene rings is 1. The summed E-state index contributed by atoms with van der Waals surface area (Å²) in [4.78, 5) is 36.9. The number of hydrogen-bond donors (Lipinski definition) is 3. The number of fused-ring (bicyclic) bond motifs is 1. The molecule has 1 fully saturated rings. The van der Waals surface area contributed by atoms with Crippen molar-refractivity contribution in [3.8, 4) is 17.4 Å². The number of carbonyl (C=O) groups is 1. The van der Waals surface area contributed by atoms with Crippen LogP contribution in [0.5, 0.6) is 11.8 Å². The Balaban J connectivity index is 2.01. The van der Waals surface area contributed by atoms with E-state index in [2.05, 4.69) is 21.9 Å². The number of carbonyl (C=O) groups excluding carboxylic acids is 1. The van der Waals surface area contributed by atoms with Crippen molar-refractivity contribution in [1.29, 1.82) is 5.41 Å². The van der Waals surface area contributed by atoms with Gasteiger partial charge in [-0.1, -0.05) is 12.6 Å². The average molecular weight is 561 g/mol. The summed E-state index contributed by atoms with van der Waals surface area (Å²) in [5.74, 6) is -2.69. The molecule has 1 aliphatic heterocycles. The number of nitrogens with zero attached hydrogens (tertiary/aromatic N) is 5. The number of aromatic hydroxyl groups is 1. The van der Waals surface area contributed by atoms with Crippen molar-refractivity contribution in [2.75, 3.05) is 38.1 Å². The molecule has 3 heterocycles. The van der Waals surface area contributed by atoms with E-state index < -0.39 is 46.2 Å². The minimum absolute atomic E-state index is 0.00914. The van der Waals surface area contributed by atoms with Crippen LogP contribution >= 0.6 is 0 Å². The molecule has 210 valence electrons. The predicted molar refractivity (Wildman–Crippen MR) is 137 cm³/mol. The van der Waals surface area contributed by atoms with Gasteiger partial charge in [0.2, 0.25) is 5.91 Å². The number of phenolic OH excluding ortho intramolecular Hbond substituents is 1. The maximum absolute atomic E-state index is 14.7. The van der Waals surface area contributed by atoms with Crippen molar-refractivity contribution in [3.63, 3.8) is 0 Å². The highest BCUT2D eigenvalue weighted by Gasteiger charge is 2.38. The molecule has 1 aliphatic rings. The lowest BCUT2D eigenvalue weighted by atomic mass is 10.1. The first kappa shape index (κ1) is 28.1. The first-order valence-electron chi connectivity index (χ1n) is 11.7. The van der Waals surface area contributed by atoms with Gasteiger partial charge in [-0.2, -0.15) is 23.1 Å². The Morgan fingerprint density at radius 1 is 1.23 bits per heavy atom. The Labute approximate surface area is 224 Å². The van der Waals surface area contributed by atoms with Gasteiger partial charge in [0.05, 0.1) is 11.6 Å². The van der Waals surface area contributed by atoms with Gasteiger partial charge in [0.25, 0.3) is 5.56 Å². The summed E-state index contributed by atoms with van der Waals surface area (Å²) in [6.45, 7) is 4.08. The minimum atomic E-state index is -5.16. The highest BCUT2D eigenvalue weighted by molar-refractivity contribution is 5.91. The van der Waals surface area contributed by atoms with Gasteiger partial charge in [0.15, 0.2) is 11.6 Å². The van der Waals surface area contributed by atoms with Crippen molar-refractivity contribution >= 4 is 28.8 Å². The summed E-state index contributed by atoms with van der Waals surface area (Å²) >= 11 is 0. The third-order valence-corrected chi connectivity index (χ3v) is 6.02. The number of ether oxygens (including phenoxy) is 1. The van der Waals surface area contributed by atoms with Crippen LogP contribution in [0.25, 0.3) is 16.6 Å². The van der Waals surface area contributed by atoms with E-state index in [1.54, 1.807) is 4.90 Å². The number of hydrogen-bond acceptors (Lipinski definition) is 9. The minimum Gasteiger partial charge on any atom is -0.506 e. The molecule has 0 unspecified atom stereocenters. The van der Waals surface area contributed by atoms with Crippen molar-refractivity contribution < 1.29 is 32.2 Å². The lowest BCUT2D eigenvalue weighted by Gasteiger charge is -2.35. The second-order valence-electron chi connectivity index (χ2n) is 8.47. The van der Waals surface area contributed by atoms with Crippen LogP contribution in [0, 0.1) is 11.2 Å². The van der Waals surface area contributed by atoms with Crippen molar-refractivity contribution in [3.05, 3.63) is 70.7 Å². The molecule has 0 saturated carbocycles. The second kappa shape index (κ2) is 11.0. The van der Waals surface area contributed by atoms with Crippen LogP contribution in [0.15, 0.2) is 53.7 Å². The van der Waals surface area contributed by atoms with E-state index in [4.69, 9.17) is 10.1 Å². The zero-order valence-corrected chi connectivity index (χ0v) is 21.0. The zero-order chi connectivity index (χ0) is 29.2. The largest absolute Gasteiger partial charge is 0.506 e. The summed E-state index contributed by atoms with van der Waals surface area (Å²) < 4.78 is 63.2. The van der Waals surface area contributed by atoms with E-state index in [0.717, 1.165) is 30.5 Å². The normalized spacial score (nSPS) is 14.3. The lowest BCUT2D eigenvalue weighted by molar-refractivity contribution is -0.142. The number of nitrogens with one attached hydrogen (secondary N) is 2. The van der Waals surface area contributed by atoms with Gasteiger partial charge in [0.1, 0.15) is 28.5 Å². The number of phenols is 1. The Morgan fingerprint density at radius 2 is 1.93 bits per heavy atom. The summed E-state index contributed by atoms with van der Waals surface area (Å²) in [5.41, 5.74) is -4.53. The van der Waals surface area contributed by atoms with Crippen molar-refractivity contribution in [2.45, 2.75) is 6.18 Å². The Kier molecular flexibility index (Phi) is 7.74. The number of anilines is 1. The number of pyridine rings is 1. The molecule has 15 heteroatoms. The fourth-order valence-corrected chi connectivity index (χ4v) is 4.21. The lowest BCUT2D eigenvalue weighted by Crippen LogP contribution is -2.48. The molecule has 1 aromatic carbocycles. The Morgan fingerprint density at radius 3 is 2.50 bits per heavy atom. The van der Waals surface area contributed by atoms with E-state index in [9.17, 15) is 32.3 Å². The maximum atomic E-state index is 14.7. The molecule has 0 atom stereocenters. The number of rotatable bonds is 7. The van der Waals surface area contributed by atoms with Crippen molar-refractivity contribution in [2.24, 2.45) is 0 Å². The van der Waals surface area contributed by atoms with Crippen LogP contribution < -0.4 is 20.5 Å². The fraction of sp³-hybridized carbons (Fsp3) is 0.240. The Bertz CT molecular complexity index is 1560. The van der Waals surface area contributed by atoms with Crippen molar-refractivity contribution in [1.82, 2.24) is 24.8 Å². The van der Waals surface area contributed by atoms with E-state index >= 15 is 0 Å². The standard InChI is InChI=1S/C25H23F4N7O4/c1-3-19(38)34-7-9-35(10-8-34)22-15-11-18(25(27,28)29)36(21-16(26)5-4-6-17(21)37)23(39)20(15)32-24(33-22)40-14(12-30)13-31-2/h3-6,11-13,30-31,37H,1,7-10H2,2H3/b14-13+,30-12?. The number of alkyl halides is 3. The van der Waals surface area contributed by atoms with Gasteiger partial charge in [0, 0.05) is 39.4 Å². The third kappa shape index (κ3) is 5.30. The molecule has 1 saturated heterocycles. The number of halogens is 4. The first-order chi connectivity index (χ1) is 19.0. The monoisotopic (exact) mass is 561 g/mol. The van der Waals surface area contributed by atoms with Gasteiger partial charge in [-0.05, 0) is 24.3 Å². The molecule has 40 heavy (non-hydrogen) atoms. The van der Waals surface area contributed by atoms with E-state index in [-0.39, 0.29) is 53.6 Å². The molecule has 3 N–H and O–H groups in total. The average Bonchev–Trinajstić information content (AvgIpc) is 2.92. The van der Waals surface area contributed by atoms with Crippen LogP contribution in [0.2, 0.25) is 0 Å². The number of amides is 1. The van der Waals surface area contributed by atoms with Crippen LogP contribution in [0.3, 0.4) is 0 Å². The maximum Gasteiger partial charge on any atom is 0.431 e. The fourth-order valence-electron chi connectivity index (χ4n) is 4.21. The molecule has 4 rings (SSSR count). The van der Waals surface area contributed by atoms with E-state index in [1.165, 1.54) is 18.1 Å². The van der Waals surface area contributed by atoms with Crippen LogP contribution in [0.1, 0.15) is 5.69 Å². The van der Waals surface area contributed by atoms with Gasteiger partial charge in [-0.3, -0.25) is 14.2 Å². The summed E-state index contributed by atoms with van der Waals surface area (Å²) in [6, 6.07) is 2.94. The van der Waals surface area contributed by atoms with Gasteiger partial charge < -0.3 is 30.4 Å². The number of piperazine rings is 1. The Hall–Kier alpha value is -4.95. The SMILES string of the molecule is C=CC(=O)N1CCN(c2nc(O/C(C=N)=C/NC)nc3c(=O)n(-c4c(O)cccc4F)c(C(F)(F)F)cc23)CC1. The van der Waals surface area contributed by atoms with E-state index in [0.29, 0.717) is 6.07 Å². The first-order valence-corrected chi connectivity index (χ1v) is 11.7. The number of allylic oxidation sites excluding steroid dienone is 1. The number of para-hydroxylation sites is 1. The smallest absolute Gasteiger partial charge is 0.431 e. The molecule has 1 amide bonds. The summed E-state index contributed by atoms with van der Waals surface area (Å²) in [5, 5.41) is 20.1. The van der Waals surface area contributed by atoms with E-state index in [1.807, 2.05) is 0 Å². The number of aromatic nitrogens is 3. The molecule has 0 radical (unpaired) electrons. The second-order valence-corrected chi connectivity index (χ2v) is 8.47. The van der Waals surface area contributed by atoms with Crippen LogP contribution in [-0.2, 0) is 11.0 Å². The molecule has 2 aromatic heterocycles. The molecule has 3 aromatic rings. The molecular weight excluding hydrogens is 538 g/mol. The zero-order valence-electron chi connectivity index (χ0n) is 21.0. The molecule has 11 nitrogen and oxygen atoms in total. The highest BCUT2D eigenvalue weighted by Crippen LogP contribution is 2.37. The molecule has 0 spiro atoms. The topological polar surface area (TPSA) is 137 Å². The molecule has 0 aliphatic carbocycles. The van der Waals surface area contributed by atoms with Gasteiger partial charge in [-0.25, -0.2) is 4.39 Å². The predicted octanol–water partition coefficient (Wildman–Crippen LogP) is 2.57. The third-order valence-electron chi connectivity index (χ3n) is 6.02. The molecule has 0 bridgehead atoms. The van der Waals surface area contributed by atoms with Gasteiger partial charge in [-0.15, -0.1) is 0 Å². The molecular formula is C25H23F4N7O4. The van der Waals surface area contributed by atoms with Gasteiger partial charge >= 0.3 is 12.2 Å². The summed E-state index contributed by atoms with van der Waals surface area (Å²) in [7, 11) is 1.53.